The molecule has 0 unspecified atom stereocenters. The Bertz CT molecular complexity index is 896. The molecule has 3 N–H and O–H groups in total. The molecule has 164 valence electrons. The van der Waals surface area contributed by atoms with Crippen LogP contribution >= 0.6 is 0 Å². The lowest BCUT2D eigenvalue weighted by atomic mass is 10.2. The number of morpholine rings is 1. The molecule has 4 rings (SSSR count). The van der Waals surface area contributed by atoms with Gasteiger partial charge in [-0.25, -0.2) is 0 Å². The number of carbonyl (C=O) groups is 2. The average Bonchev–Trinajstić information content (AvgIpc) is 2.82. The normalized spacial score (nSPS) is 18.3. The van der Waals surface area contributed by atoms with Crippen LogP contribution < -0.4 is 25.0 Å². The van der Waals surface area contributed by atoms with E-state index in [-0.39, 0.29) is 18.4 Å². The van der Waals surface area contributed by atoms with Crippen molar-refractivity contribution in [3.8, 4) is 11.5 Å². The monoisotopic (exact) mass is 426 g/mol. The third-order valence-corrected chi connectivity index (χ3v) is 5.41. The summed E-state index contributed by atoms with van der Waals surface area (Å²) in [6.45, 7) is 5.52. The molecular formula is C23H28N3O5+. The zero-order valence-electron chi connectivity index (χ0n) is 17.4. The van der Waals surface area contributed by atoms with Gasteiger partial charge in [-0.1, -0.05) is 12.1 Å². The number of rotatable bonds is 7. The molecule has 0 saturated carbocycles. The van der Waals surface area contributed by atoms with E-state index < -0.39 is 6.10 Å². The number of hydrogen-bond acceptors (Lipinski definition) is 5. The van der Waals surface area contributed by atoms with Gasteiger partial charge in [0.1, 0.15) is 19.7 Å². The van der Waals surface area contributed by atoms with Crippen LogP contribution in [-0.2, 0) is 9.53 Å². The van der Waals surface area contributed by atoms with Gasteiger partial charge in [0.15, 0.2) is 11.5 Å². The molecule has 0 aromatic heterocycles. The van der Waals surface area contributed by atoms with Crippen molar-refractivity contribution in [2.45, 2.75) is 12.5 Å². The van der Waals surface area contributed by atoms with Gasteiger partial charge in [0.25, 0.3) is 11.8 Å². The predicted octanol–water partition coefficient (Wildman–Crippen LogP) is 0.500. The molecule has 2 aliphatic rings. The van der Waals surface area contributed by atoms with Gasteiger partial charge in [0.05, 0.1) is 19.8 Å². The molecule has 2 aromatic rings. The van der Waals surface area contributed by atoms with Crippen LogP contribution in [0.1, 0.15) is 16.8 Å². The molecule has 8 nitrogen and oxygen atoms in total. The molecule has 8 heteroatoms. The van der Waals surface area contributed by atoms with Gasteiger partial charge >= 0.3 is 0 Å². The van der Waals surface area contributed by atoms with Crippen molar-refractivity contribution in [3.63, 3.8) is 0 Å². The van der Waals surface area contributed by atoms with Crippen molar-refractivity contribution in [1.82, 2.24) is 5.32 Å². The Morgan fingerprint density at radius 2 is 1.74 bits per heavy atom. The van der Waals surface area contributed by atoms with E-state index in [1.807, 2.05) is 12.1 Å². The molecule has 0 spiro atoms. The number of nitrogens with one attached hydrogen (secondary N) is 3. The van der Waals surface area contributed by atoms with Gasteiger partial charge in [-0.2, -0.15) is 0 Å². The lowest BCUT2D eigenvalue weighted by Gasteiger charge is -2.25. The van der Waals surface area contributed by atoms with Crippen molar-refractivity contribution in [2.75, 3.05) is 51.3 Å². The van der Waals surface area contributed by atoms with E-state index in [0.29, 0.717) is 29.3 Å². The summed E-state index contributed by atoms with van der Waals surface area (Å²) in [7, 11) is 0. The van der Waals surface area contributed by atoms with Crippen molar-refractivity contribution in [1.29, 1.82) is 0 Å². The van der Waals surface area contributed by atoms with Crippen LogP contribution in [0, 0.1) is 0 Å². The first-order valence-electron chi connectivity index (χ1n) is 10.7. The Morgan fingerprint density at radius 1 is 1.00 bits per heavy atom. The fraction of sp³-hybridized carbons (Fsp3) is 0.391. The number of quaternary nitrogens is 1. The minimum Gasteiger partial charge on any atom is -0.485 e. The zero-order chi connectivity index (χ0) is 21.5. The van der Waals surface area contributed by atoms with Crippen LogP contribution in [0.25, 0.3) is 0 Å². The molecule has 1 atom stereocenters. The molecule has 2 amide bonds. The molecule has 1 saturated heterocycles. The quantitative estimate of drug-likeness (QED) is 0.561. The molecule has 31 heavy (non-hydrogen) atoms. The summed E-state index contributed by atoms with van der Waals surface area (Å²) in [4.78, 5) is 26.4. The molecule has 0 aliphatic carbocycles. The third kappa shape index (κ3) is 5.74. The first-order chi connectivity index (χ1) is 15.2. The highest BCUT2D eigenvalue weighted by Gasteiger charge is 2.27. The van der Waals surface area contributed by atoms with E-state index in [1.54, 1.807) is 36.4 Å². The van der Waals surface area contributed by atoms with Crippen molar-refractivity contribution < 1.29 is 28.7 Å². The van der Waals surface area contributed by atoms with Crippen LogP contribution in [-0.4, -0.2) is 63.9 Å². The highest BCUT2D eigenvalue weighted by Crippen LogP contribution is 2.31. The first kappa shape index (κ1) is 21.1. The lowest BCUT2D eigenvalue weighted by Crippen LogP contribution is -3.14. The summed E-state index contributed by atoms with van der Waals surface area (Å²) in [6.07, 6.45) is 0.202. The Morgan fingerprint density at radius 3 is 2.52 bits per heavy atom. The van der Waals surface area contributed by atoms with Crippen LogP contribution in [0.3, 0.4) is 0 Å². The van der Waals surface area contributed by atoms with E-state index in [9.17, 15) is 9.59 Å². The van der Waals surface area contributed by atoms with Crippen molar-refractivity contribution >= 4 is 17.5 Å². The van der Waals surface area contributed by atoms with Gasteiger partial charge < -0.3 is 29.7 Å². The molecule has 0 bridgehead atoms. The van der Waals surface area contributed by atoms with Crippen LogP contribution in [0.4, 0.5) is 5.69 Å². The second kappa shape index (κ2) is 10.3. The molecular weight excluding hydrogens is 398 g/mol. The number of para-hydroxylation sites is 2. The number of anilines is 1. The van der Waals surface area contributed by atoms with Gasteiger partial charge in [-0.3, -0.25) is 9.59 Å². The molecule has 1 fully saturated rings. The minimum atomic E-state index is -0.730. The number of fused-ring (bicyclic) bond motifs is 1. The zero-order valence-corrected chi connectivity index (χ0v) is 17.4. The Labute approximate surface area is 181 Å². The Kier molecular flexibility index (Phi) is 7.01. The number of carbonyl (C=O) groups excluding carboxylic acids is 2. The molecule has 2 heterocycles. The van der Waals surface area contributed by atoms with E-state index in [1.165, 1.54) is 4.90 Å². The van der Waals surface area contributed by atoms with Gasteiger partial charge in [0.2, 0.25) is 6.10 Å². The second-order valence-electron chi connectivity index (χ2n) is 7.65. The van der Waals surface area contributed by atoms with Crippen molar-refractivity contribution in [2.24, 2.45) is 0 Å². The Balaban J connectivity index is 1.21. The van der Waals surface area contributed by atoms with E-state index in [2.05, 4.69) is 10.6 Å². The standard InChI is InChI=1S/C23H27N3O5/c27-22(24-10-3-11-26-12-14-29-15-13-26)17-6-8-18(9-7-17)25-23(28)21-16-30-19-4-1-2-5-20(19)31-21/h1-2,4-9,21H,3,10-16H2,(H,24,27)(H,25,28)/p+1/t21-/m1/s1. The molecule has 2 aromatic carbocycles. The van der Waals surface area contributed by atoms with Crippen molar-refractivity contribution in [3.05, 3.63) is 54.1 Å². The maximum atomic E-state index is 12.5. The summed E-state index contributed by atoms with van der Waals surface area (Å²) < 4.78 is 16.7. The topological polar surface area (TPSA) is 90.3 Å². The smallest absolute Gasteiger partial charge is 0.269 e. The van der Waals surface area contributed by atoms with E-state index >= 15 is 0 Å². The lowest BCUT2D eigenvalue weighted by molar-refractivity contribution is -0.908. The summed E-state index contributed by atoms with van der Waals surface area (Å²) in [6, 6.07) is 14.1. The number of amides is 2. The van der Waals surface area contributed by atoms with Gasteiger partial charge in [-0.05, 0) is 36.4 Å². The minimum absolute atomic E-state index is 0.115. The second-order valence-corrected chi connectivity index (χ2v) is 7.65. The highest BCUT2D eigenvalue weighted by atomic mass is 16.6. The maximum Gasteiger partial charge on any atom is 0.269 e. The third-order valence-electron chi connectivity index (χ3n) is 5.41. The van der Waals surface area contributed by atoms with Crippen LogP contribution in [0.15, 0.2) is 48.5 Å². The summed E-state index contributed by atoms with van der Waals surface area (Å²) in [5.41, 5.74) is 1.16. The number of ether oxygens (including phenoxy) is 3. The van der Waals surface area contributed by atoms with E-state index in [0.717, 1.165) is 39.3 Å². The number of benzene rings is 2. The molecule has 2 aliphatic heterocycles. The fourth-order valence-electron chi connectivity index (χ4n) is 3.63. The fourth-order valence-corrected chi connectivity index (χ4v) is 3.63. The van der Waals surface area contributed by atoms with Crippen LogP contribution in [0.5, 0.6) is 11.5 Å². The summed E-state index contributed by atoms with van der Waals surface area (Å²) in [5, 5.41) is 5.76. The van der Waals surface area contributed by atoms with E-state index in [4.69, 9.17) is 14.2 Å². The van der Waals surface area contributed by atoms with Crippen LogP contribution in [0.2, 0.25) is 0 Å². The largest absolute Gasteiger partial charge is 0.485 e. The predicted molar refractivity (Wildman–Crippen MR) is 115 cm³/mol. The highest BCUT2D eigenvalue weighted by molar-refractivity contribution is 5.97. The summed E-state index contributed by atoms with van der Waals surface area (Å²) >= 11 is 0. The van der Waals surface area contributed by atoms with Gasteiger partial charge in [0, 0.05) is 24.2 Å². The molecule has 0 radical (unpaired) electrons. The number of hydrogen-bond donors (Lipinski definition) is 3. The average molecular weight is 426 g/mol. The summed E-state index contributed by atoms with van der Waals surface area (Å²) in [5.74, 6) is 0.775. The SMILES string of the molecule is O=C(NCCC[NH+]1CCOCC1)c1ccc(NC(=O)[C@H]2COc3ccccc3O2)cc1. The Hall–Kier alpha value is -3.10. The first-order valence-corrected chi connectivity index (χ1v) is 10.7. The van der Waals surface area contributed by atoms with Gasteiger partial charge in [-0.15, -0.1) is 0 Å². The maximum absolute atomic E-state index is 12.5.